The molecule has 1 aromatic heterocycles. The molecule has 0 aliphatic carbocycles. The molecule has 12 heteroatoms. The standard InChI is InChI=1S/C26H33N5O6S/c1-26(2,3)37-25(32)30-15-9-10-18(16-30)17-36-21-14-8-13-20(35-4)22(21)31-23(19-11-6-5-7-12-19)27-28-24(31)29-38(33)34/h5-8,11-14,18H,9-10,15-17H2,1-4H3,(H,28,29)(H,33,34). The summed E-state index contributed by atoms with van der Waals surface area (Å²) < 4.78 is 42.8. The number of carbonyl (C=O) groups excluding carboxylic acids is 1. The van der Waals surface area contributed by atoms with Crippen molar-refractivity contribution in [3.8, 4) is 28.6 Å². The van der Waals surface area contributed by atoms with E-state index < -0.39 is 16.9 Å². The zero-order valence-corrected chi connectivity index (χ0v) is 22.7. The molecule has 2 heterocycles. The van der Waals surface area contributed by atoms with Gasteiger partial charge in [-0.25, -0.2) is 13.7 Å². The molecule has 1 aliphatic rings. The zero-order chi connectivity index (χ0) is 27.3. The van der Waals surface area contributed by atoms with Gasteiger partial charge in [-0.3, -0.25) is 9.12 Å². The van der Waals surface area contributed by atoms with E-state index in [1.165, 1.54) is 7.11 Å². The van der Waals surface area contributed by atoms with Crippen LogP contribution >= 0.6 is 0 Å². The highest BCUT2D eigenvalue weighted by Gasteiger charge is 2.29. The summed E-state index contributed by atoms with van der Waals surface area (Å²) in [5.74, 6) is 1.51. The van der Waals surface area contributed by atoms with E-state index in [1.54, 1.807) is 27.7 Å². The fourth-order valence-corrected chi connectivity index (χ4v) is 4.61. The van der Waals surface area contributed by atoms with Gasteiger partial charge in [-0.15, -0.1) is 10.2 Å². The first-order valence-corrected chi connectivity index (χ1v) is 13.4. The third-order valence-electron chi connectivity index (χ3n) is 5.92. The first-order valence-electron chi connectivity index (χ1n) is 12.3. The third-order valence-corrected chi connectivity index (χ3v) is 6.28. The molecule has 2 aromatic carbocycles. The predicted molar refractivity (Wildman–Crippen MR) is 144 cm³/mol. The maximum absolute atomic E-state index is 12.6. The fraction of sp³-hybridized carbons (Fsp3) is 0.423. The fourth-order valence-electron chi connectivity index (χ4n) is 4.32. The number of anilines is 1. The van der Waals surface area contributed by atoms with Crippen molar-refractivity contribution < 1.29 is 27.8 Å². The summed E-state index contributed by atoms with van der Waals surface area (Å²) in [6, 6.07) is 14.7. The SMILES string of the molecule is COc1cccc(OCC2CCCN(C(=O)OC(C)(C)C)C2)c1-n1c(NS(=O)O)nnc1-c1ccccc1. The van der Waals surface area contributed by atoms with Gasteiger partial charge in [-0.2, -0.15) is 0 Å². The summed E-state index contributed by atoms with van der Waals surface area (Å²) in [4.78, 5) is 14.3. The number of nitrogens with one attached hydrogen (secondary N) is 1. The number of rotatable bonds is 8. The second kappa shape index (κ2) is 11.8. The Labute approximate surface area is 224 Å². The van der Waals surface area contributed by atoms with Crippen LogP contribution < -0.4 is 14.2 Å². The number of benzene rings is 2. The van der Waals surface area contributed by atoms with Crippen molar-refractivity contribution in [2.75, 3.05) is 31.5 Å². The molecule has 2 unspecified atom stereocenters. The van der Waals surface area contributed by atoms with Gasteiger partial charge in [0.15, 0.2) is 5.82 Å². The Morgan fingerprint density at radius 1 is 1.13 bits per heavy atom. The minimum absolute atomic E-state index is 0.0489. The van der Waals surface area contributed by atoms with Crippen LogP contribution in [-0.4, -0.2) is 66.9 Å². The molecule has 0 bridgehead atoms. The van der Waals surface area contributed by atoms with Crippen LogP contribution in [0.3, 0.4) is 0 Å². The van der Waals surface area contributed by atoms with E-state index >= 15 is 0 Å². The lowest BCUT2D eigenvalue weighted by Crippen LogP contribution is -2.44. The molecular weight excluding hydrogens is 510 g/mol. The number of carbonyl (C=O) groups is 1. The Morgan fingerprint density at radius 2 is 1.87 bits per heavy atom. The number of aromatic nitrogens is 3. The first-order chi connectivity index (χ1) is 18.2. The van der Waals surface area contributed by atoms with Gasteiger partial charge in [-0.1, -0.05) is 36.4 Å². The molecule has 204 valence electrons. The summed E-state index contributed by atoms with van der Waals surface area (Å²) in [5.41, 5.74) is 0.662. The molecule has 1 amide bonds. The van der Waals surface area contributed by atoms with Crippen molar-refractivity contribution in [2.24, 2.45) is 5.92 Å². The second-order valence-electron chi connectivity index (χ2n) is 9.95. The molecule has 1 saturated heterocycles. The topological polar surface area (TPSA) is 128 Å². The number of hydrogen-bond donors (Lipinski definition) is 2. The smallest absolute Gasteiger partial charge is 0.410 e. The third kappa shape index (κ3) is 6.62. The van der Waals surface area contributed by atoms with Crippen LogP contribution in [0.25, 0.3) is 17.1 Å². The van der Waals surface area contributed by atoms with Crippen molar-refractivity contribution in [2.45, 2.75) is 39.2 Å². The number of nitrogens with zero attached hydrogens (tertiary/aromatic N) is 4. The quantitative estimate of drug-likeness (QED) is 0.397. The van der Waals surface area contributed by atoms with Crippen LogP contribution in [0.5, 0.6) is 11.5 Å². The van der Waals surface area contributed by atoms with Gasteiger partial charge in [0, 0.05) is 24.6 Å². The second-order valence-corrected chi connectivity index (χ2v) is 10.7. The lowest BCUT2D eigenvalue weighted by molar-refractivity contribution is 0.0139. The Balaban J connectivity index is 1.64. The number of para-hydroxylation sites is 1. The molecule has 0 saturated carbocycles. The van der Waals surface area contributed by atoms with Crippen molar-refractivity contribution in [3.63, 3.8) is 0 Å². The van der Waals surface area contributed by atoms with Gasteiger partial charge >= 0.3 is 6.09 Å². The van der Waals surface area contributed by atoms with E-state index in [0.717, 1.165) is 18.4 Å². The van der Waals surface area contributed by atoms with Crippen molar-refractivity contribution >= 4 is 23.3 Å². The Kier molecular flexibility index (Phi) is 8.52. The highest BCUT2D eigenvalue weighted by atomic mass is 32.2. The molecule has 4 rings (SSSR count). The van der Waals surface area contributed by atoms with Gasteiger partial charge in [0.25, 0.3) is 11.3 Å². The first kappa shape index (κ1) is 27.4. The normalized spacial score (nSPS) is 16.6. The lowest BCUT2D eigenvalue weighted by atomic mass is 9.99. The molecule has 2 atom stereocenters. The van der Waals surface area contributed by atoms with E-state index in [9.17, 15) is 13.6 Å². The summed E-state index contributed by atoms with van der Waals surface area (Å²) in [6.07, 6.45) is 1.42. The molecule has 38 heavy (non-hydrogen) atoms. The average molecular weight is 544 g/mol. The summed E-state index contributed by atoms with van der Waals surface area (Å²) >= 11 is -2.39. The van der Waals surface area contributed by atoms with Gasteiger partial charge in [0.2, 0.25) is 5.95 Å². The van der Waals surface area contributed by atoms with Gasteiger partial charge in [0.05, 0.1) is 13.7 Å². The molecule has 0 radical (unpaired) electrons. The van der Waals surface area contributed by atoms with E-state index in [2.05, 4.69) is 14.9 Å². The van der Waals surface area contributed by atoms with Crippen molar-refractivity contribution in [3.05, 3.63) is 48.5 Å². The van der Waals surface area contributed by atoms with E-state index in [-0.39, 0.29) is 18.0 Å². The molecule has 0 spiro atoms. The summed E-state index contributed by atoms with van der Waals surface area (Å²) in [5, 5.41) is 8.39. The molecule has 11 nitrogen and oxygen atoms in total. The molecule has 2 N–H and O–H groups in total. The maximum Gasteiger partial charge on any atom is 0.410 e. The van der Waals surface area contributed by atoms with Gasteiger partial charge < -0.3 is 19.1 Å². The van der Waals surface area contributed by atoms with E-state index in [1.807, 2.05) is 51.1 Å². The maximum atomic E-state index is 12.6. The molecular formula is C26H33N5O6S. The predicted octanol–water partition coefficient (Wildman–Crippen LogP) is 4.52. The van der Waals surface area contributed by atoms with Crippen LogP contribution in [0.2, 0.25) is 0 Å². The zero-order valence-electron chi connectivity index (χ0n) is 21.9. The van der Waals surface area contributed by atoms with Crippen LogP contribution in [0.15, 0.2) is 48.5 Å². The average Bonchev–Trinajstić information content (AvgIpc) is 3.29. The van der Waals surface area contributed by atoms with Gasteiger partial charge in [0.1, 0.15) is 22.8 Å². The highest BCUT2D eigenvalue weighted by Crippen LogP contribution is 2.38. The van der Waals surface area contributed by atoms with Crippen LogP contribution in [0.1, 0.15) is 33.6 Å². The Morgan fingerprint density at radius 3 is 2.55 bits per heavy atom. The van der Waals surface area contributed by atoms with E-state index in [0.29, 0.717) is 42.7 Å². The Bertz CT molecular complexity index is 1280. The number of ether oxygens (including phenoxy) is 3. The summed E-state index contributed by atoms with van der Waals surface area (Å²) in [7, 11) is 1.53. The summed E-state index contributed by atoms with van der Waals surface area (Å²) in [6.45, 7) is 7.06. The van der Waals surface area contributed by atoms with Crippen molar-refractivity contribution in [1.29, 1.82) is 0 Å². The van der Waals surface area contributed by atoms with Crippen LogP contribution in [0, 0.1) is 5.92 Å². The minimum Gasteiger partial charge on any atom is -0.494 e. The van der Waals surface area contributed by atoms with Crippen LogP contribution in [0.4, 0.5) is 10.7 Å². The number of hydrogen-bond acceptors (Lipinski definition) is 7. The number of methoxy groups -OCH3 is 1. The monoisotopic (exact) mass is 543 g/mol. The molecule has 1 fully saturated rings. The lowest BCUT2D eigenvalue weighted by Gasteiger charge is -2.34. The number of amides is 1. The molecule has 3 aromatic rings. The number of likely N-dealkylation sites (tertiary alicyclic amines) is 1. The van der Waals surface area contributed by atoms with Crippen molar-refractivity contribution in [1.82, 2.24) is 19.7 Å². The Hall–Kier alpha value is -3.64. The van der Waals surface area contributed by atoms with Crippen LogP contribution in [-0.2, 0) is 16.0 Å². The largest absolute Gasteiger partial charge is 0.494 e. The van der Waals surface area contributed by atoms with Gasteiger partial charge in [-0.05, 0) is 45.7 Å². The van der Waals surface area contributed by atoms with E-state index in [4.69, 9.17) is 14.2 Å². The molecule has 1 aliphatic heterocycles. The minimum atomic E-state index is -2.39. The number of piperidine rings is 1. The highest BCUT2D eigenvalue weighted by molar-refractivity contribution is 7.80.